The Kier molecular flexibility index (Phi) is 5.42. The van der Waals surface area contributed by atoms with E-state index in [-0.39, 0.29) is 5.75 Å². The number of rotatable bonds is 7. The minimum atomic E-state index is -0.827. The molecular weight excluding hydrogens is 276 g/mol. The molecule has 0 aromatic carbocycles. The maximum atomic E-state index is 10.7. The summed E-state index contributed by atoms with van der Waals surface area (Å²) in [6.07, 6.45) is 2.61. The second kappa shape index (κ2) is 7.08. The summed E-state index contributed by atoms with van der Waals surface area (Å²) in [7, 11) is 0. The molecule has 2 heterocycles. The molecule has 1 atom stereocenters. The van der Waals surface area contributed by atoms with Crippen LogP contribution in [0.3, 0.4) is 0 Å². The molecular formula is C13H22N4O2S. The molecule has 1 fully saturated rings. The number of aliphatic carboxylic acids is 1. The third kappa shape index (κ3) is 4.21. The van der Waals surface area contributed by atoms with Crippen molar-refractivity contribution in [2.75, 3.05) is 25.4 Å². The average molecular weight is 298 g/mol. The second-order valence-electron chi connectivity index (χ2n) is 5.44. The molecule has 1 aliphatic rings. The third-order valence-corrected chi connectivity index (χ3v) is 4.44. The second-order valence-corrected chi connectivity index (χ2v) is 6.38. The summed E-state index contributed by atoms with van der Waals surface area (Å²) in [5.74, 6) is 0.559. The van der Waals surface area contributed by atoms with Crippen LogP contribution in [-0.2, 0) is 11.3 Å². The van der Waals surface area contributed by atoms with Crippen LogP contribution in [0.15, 0.2) is 5.16 Å². The van der Waals surface area contributed by atoms with Crippen LogP contribution in [0.4, 0.5) is 0 Å². The van der Waals surface area contributed by atoms with Gasteiger partial charge < -0.3 is 14.6 Å². The number of thioether (sulfide) groups is 1. The summed E-state index contributed by atoms with van der Waals surface area (Å²) in [4.78, 5) is 13.2. The largest absolute Gasteiger partial charge is 0.481 e. The Morgan fingerprint density at radius 1 is 1.35 bits per heavy atom. The van der Waals surface area contributed by atoms with E-state index in [9.17, 15) is 4.79 Å². The van der Waals surface area contributed by atoms with Gasteiger partial charge >= 0.3 is 5.97 Å². The summed E-state index contributed by atoms with van der Waals surface area (Å²) < 4.78 is 2.04. The summed E-state index contributed by atoms with van der Waals surface area (Å²) in [5.41, 5.74) is 0. The molecule has 0 bridgehead atoms. The minimum Gasteiger partial charge on any atom is -0.481 e. The summed E-state index contributed by atoms with van der Waals surface area (Å²) in [5, 5.41) is 17.6. The van der Waals surface area contributed by atoms with Crippen molar-refractivity contribution in [1.29, 1.82) is 0 Å². The van der Waals surface area contributed by atoms with Crippen LogP contribution in [0.2, 0.25) is 0 Å². The molecule has 1 aromatic rings. The van der Waals surface area contributed by atoms with Gasteiger partial charge in [0, 0.05) is 13.1 Å². The fraction of sp³-hybridized carbons (Fsp3) is 0.769. The van der Waals surface area contributed by atoms with Crippen LogP contribution < -0.4 is 0 Å². The number of carbonyl (C=O) groups is 1. The number of carboxylic acids is 1. The molecule has 1 aliphatic heterocycles. The lowest BCUT2D eigenvalue weighted by molar-refractivity contribution is -0.133. The SMILES string of the molecule is Cc1nnc(SCC(=O)O)n1CC(C)CN1CCCC1. The molecule has 1 unspecified atom stereocenters. The van der Waals surface area contributed by atoms with Gasteiger partial charge in [0.1, 0.15) is 5.82 Å². The molecule has 0 saturated carbocycles. The first-order valence-electron chi connectivity index (χ1n) is 7.03. The summed E-state index contributed by atoms with van der Waals surface area (Å²) in [6.45, 7) is 8.47. The zero-order valence-electron chi connectivity index (χ0n) is 12.1. The first-order valence-corrected chi connectivity index (χ1v) is 8.01. The van der Waals surface area contributed by atoms with Gasteiger partial charge in [-0.2, -0.15) is 0 Å². The molecule has 112 valence electrons. The third-order valence-electron chi connectivity index (χ3n) is 3.49. The van der Waals surface area contributed by atoms with E-state index in [1.54, 1.807) is 0 Å². The van der Waals surface area contributed by atoms with Crippen LogP contribution in [0, 0.1) is 12.8 Å². The minimum absolute atomic E-state index is 0.0264. The first kappa shape index (κ1) is 15.3. The predicted molar refractivity (Wildman–Crippen MR) is 78.0 cm³/mol. The molecule has 0 radical (unpaired) electrons. The van der Waals surface area contributed by atoms with E-state index in [1.165, 1.54) is 37.7 Å². The number of aryl methyl sites for hydroxylation is 1. The Hall–Kier alpha value is -1.08. The van der Waals surface area contributed by atoms with Gasteiger partial charge in [-0.25, -0.2) is 0 Å². The van der Waals surface area contributed by atoms with Gasteiger partial charge in [0.2, 0.25) is 0 Å². The fourth-order valence-corrected chi connectivity index (χ4v) is 3.29. The van der Waals surface area contributed by atoms with Gasteiger partial charge in [-0.1, -0.05) is 18.7 Å². The molecule has 1 aromatic heterocycles. The summed E-state index contributed by atoms with van der Waals surface area (Å²) in [6, 6.07) is 0. The molecule has 7 heteroatoms. The number of likely N-dealkylation sites (tertiary alicyclic amines) is 1. The molecule has 0 amide bonds. The lowest BCUT2D eigenvalue weighted by Gasteiger charge is -2.21. The van der Waals surface area contributed by atoms with Crippen molar-refractivity contribution in [3.63, 3.8) is 0 Å². The molecule has 1 N–H and O–H groups in total. The standard InChI is InChI=1S/C13H22N4O2S/c1-10(7-16-5-3-4-6-16)8-17-11(2)14-15-13(17)20-9-12(18)19/h10H,3-9H2,1-2H3,(H,18,19). The highest BCUT2D eigenvalue weighted by molar-refractivity contribution is 7.99. The van der Waals surface area contributed by atoms with Gasteiger partial charge in [0.05, 0.1) is 5.75 Å². The zero-order chi connectivity index (χ0) is 14.5. The van der Waals surface area contributed by atoms with Crippen molar-refractivity contribution < 1.29 is 9.90 Å². The van der Waals surface area contributed by atoms with Gasteiger partial charge in [-0.3, -0.25) is 4.79 Å². The van der Waals surface area contributed by atoms with E-state index in [0.717, 1.165) is 18.9 Å². The van der Waals surface area contributed by atoms with Gasteiger partial charge in [0.15, 0.2) is 5.16 Å². The van der Waals surface area contributed by atoms with Crippen molar-refractivity contribution >= 4 is 17.7 Å². The van der Waals surface area contributed by atoms with Crippen molar-refractivity contribution in [1.82, 2.24) is 19.7 Å². The number of aromatic nitrogens is 3. The number of carboxylic acid groups (broad SMARTS) is 1. The lowest BCUT2D eigenvalue weighted by Crippen LogP contribution is -2.28. The smallest absolute Gasteiger partial charge is 0.313 e. The van der Waals surface area contributed by atoms with Crippen LogP contribution >= 0.6 is 11.8 Å². The Morgan fingerprint density at radius 2 is 2.05 bits per heavy atom. The Labute approximate surface area is 123 Å². The van der Waals surface area contributed by atoms with Crippen LogP contribution in [0.1, 0.15) is 25.6 Å². The highest BCUT2D eigenvalue weighted by Crippen LogP contribution is 2.19. The van der Waals surface area contributed by atoms with E-state index in [4.69, 9.17) is 5.11 Å². The Morgan fingerprint density at radius 3 is 2.70 bits per heavy atom. The summed E-state index contributed by atoms with van der Waals surface area (Å²) >= 11 is 1.24. The molecule has 0 spiro atoms. The van der Waals surface area contributed by atoms with E-state index in [0.29, 0.717) is 11.1 Å². The number of hydrogen-bond donors (Lipinski definition) is 1. The molecule has 0 aliphatic carbocycles. The molecule has 6 nitrogen and oxygen atoms in total. The maximum Gasteiger partial charge on any atom is 0.313 e. The lowest BCUT2D eigenvalue weighted by atomic mass is 10.1. The highest BCUT2D eigenvalue weighted by atomic mass is 32.2. The van der Waals surface area contributed by atoms with E-state index in [2.05, 4.69) is 22.0 Å². The quantitative estimate of drug-likeness (QED) is 0.769. The first-order chi connectivity index (χ1) is 9.56. The fourth-order valence-electron chi connectivity index (χ4n) is 2.58. The zero-order valence-corrected chi connectivity index (χ0v) is 12.9. The van der Waals surface area contributed by atoms with Gasteiger partial charge in [-0.15, -0.1) is 10.2 Å². The van der Waals surface area contributed by atoms with Crippen molar-refractivity contribution in [2.45, 2.75) is 38.4 Å². The molecule has 1 saturated heterocycles. The van der Waals surface area contributed by atoms with Crippen molar-refractivity contribution in [3.8, 4) is 0 Å². The Bertz CT molecular complexity index is 457. The number of hydrogen-bond acceptors (Lipinski definition) is 5. The average Bonchev–Trinajstić information content (AvgIpc) is 2.99. The van der Waals surface area contributed by atoms with Gasteiger partial charge in [-0.05, 0) is 38.8 Å². The monoisotopic (exact) mass is 298 g/mol. The van der Waals surface area contributed by atoms with E-state index < -0.39 is 5.97 Å². The van der Waals surface area contributed by atoms with Gasteiger partial charge in [0.25, 0.3) is 0 Å². The normalized spacial score (nSPS) is 17.5. The van der Waals surface area contributed by atoms with Crippen molar-refractivity contribution in [2.24, 2.45) is 5.92 Å². The maximum absolute atomic E-state index is 10.7. The van der Waals surface area contributed by atoms with E-state index in [1.807, 2.05) is 11.5 Å². The number of nitrogens with zero attached hydrogens (tertiary/aromatic N) is 4. The molecule has 2 rings (SSSR count). The Balaban J connectivity index is 1.93. The van der Waals surface area contributed by atoms with Crippen LogP contribution in [-0.4, -0.2) is 56.1 Å². The molecule has 20 heavy (non-hydrogen) atoms. The van der Waals surface area contributed by atoms with Crippen molar-refractivity contribution in [3.05, 3.63) is 5.82 Å². The predicted octanol–water partition coefficient (Wildman–Crippen LogP) is 1.50. The van der Waals surface area contributed by atoms with Crippen LogP contribution in [0.5, 0.6) is 0 Å². The van der Waals surface area contributed by atoms with E-state index >= 15 is 0 Å². The van der Waals surface area contributed by atoms with Crippen LogP contribution in [0.25, 0.3) is 0 Å². The topological polar surface area (TPSA) is 71.2 Å². The highest BCUT2D eigenvalue weighted by Gasteiger charge is 2.18.